The summed E-state index contributed by atoms with van der Waals surface area (Å²) in [4.78, 5) is -0.0902. The minimum Gasteiger partial charge on any atom is -0.373 e. The van der Waals surface area contributed by atoms with Crippen LogP contribution in [-0.4, -0.2) is 26.0 Å². The second-order valence-electron chi connectivity index (χ2n) is 7.95. The first-order valence-electron chi connectivity index (χ1n) is 9.47. The van der Waals surface area contributed by atoms with E-state index in [-0.39, 0.29) is 18.6 Å². The Morgan fingerprint density at radius 1 is 1.00 bits per heavy atom. The third kappa shape index (κ3) is 5.99. The van der Waals surface area contributed by atoms with Gasteiger partial charge in [-0.15, -0.1) is 11.8 Å². The molecule has 2 unspecified atom stereocenters. The average molecular weight is 499 g/mol. The fourth-order valence-corrected chi connectivity index (χ4v) is 5.50. The highest BCUT2D eigenvalue weighted by molar-refractivity contribution is 8.00. The van der Waals surface area contributed by atoms with Gasteiger partial charge in [0, 0.05) is 22.5 Å². The predicted octanol–water partition coefficient (Wildman–Crippen LogP) is 6.53. The summed E-state index contributed by atoms with van der Waals surface area (Å²) in [5, 5.41) is 0. The average Bonchev–Trinajstić information content (AvgIpc) is 2.65. The number of sulfone groups is 1. The molecule has 2 atom stereocenters. The van der Waals surface area contributed by atoms with Crippen LogP contribution in [-0.2, 0) is 26.9 Å². The van der Waals surface area contributed by atoms with Gasteiger partial charge in [0.2, 0.25) is 0 Å². The first-order valence-corrected chi connectivity index (χ1v) is 12.2. The van der Waals surface area contributed by atoms with Crippen molar-refractivity contribution in [2.75, 3.05) is 12.9 Å². The Balaban J connectivity index is 1.92. The van der Waals surface area contributed by atoms with Crippen molar-refractivity contribution in [3.05, 3.63) is 59.2 Å². The Labute approximate surface area is 186 Å². The van der Waals surface area contributed by atoms with Crippen LogP contribution in [0.5, 0.6) is 0 Å². The lowest BCUT2D eigenvalue weighted by molar-refractivity contribution is -0.138. The molecule has 0 amide bonds. The molecule has 32 heavy (non-hydrogen) atoms. The van der Waals surface area contributed by atoms with E-state index in [9.17, 15) is 34.8 Å². The maximum atomic E-state index is 13.3. The molecule has 3 rings (SSSR count). The van der Waals surface area contributed by atoms with E-state index in [2.05, 4.69) is 0 Å². The molecule has 176 valence electrons. The summed E-state index contributed by atoms with van der Waals surface area (Å²) in [6.45, 7) is 1.97. The van der Waals surface area contributed by atoms with Crippen molar-refractivity contribution in [2.24, 2.45) is 0 Å². The maximum Gasteiger partial charge on any atom is 0.416 e. The first-order chi connectivity index (χ1) is 14.6. The number of hydrogen-bond donors (Lipinski definition) is 0. The van der Waals surface area contributed by atoms with E-state index in [1.54, 1.807) is 13.0 Å². The molecule has 1 heterocycles. The molecule has 0 radical (unpaired) electrons. The fourth-order valence-electron chi connectivity index (χ4n) is 3.48. The van der Waals surface area contributed by atoms with Gasteiger partial charge < -0.3 is 4.74 Å². The van der Waals surface area contributed by atoms with Gasteiger partial charge in [-0.1, -0.05) is 6.07 Å². The molecule has 0 bridgehead atoms. The molecule has 0 N–H and O–H groups in total. The van der Waals surface area contributed by atoms with Gasteiger partial charge in [0.15, 0.2) is 9.84 Å². The van der Waals surface area contributed by atoms with E-state index >= 15 is 0 Å². The smallest absolute Gasteiger partial charge is 0.373 e. The number of hydrogen-bond acceptors (Lipinski definition) is 4. The zero-order chi connectivity index (χ0) is 23.9. The number of rotatable bonds is 4. The van der Waals surface area contributed by atoms with Crippen molar-refractivity contribution in [2.45, 2.75) is 52.8 Å². The standard InChI is InChI=1S/C21H20F6O3S2/c1-19(31-16-5-3-4-14(10-16)20(22,23)24)6-7-30-18(12-19)13-8-15(21(25,26)27)11-17(9-13)32(2,28)29/h3-5,8-11,18H,6-7,12H2,1-2H3. The Morgan fingerprint density at radius 2 is 1.66 bits per heavy atom. The molecular weight excluding hydrogens is 478 g/mol. The van der Waals surface area contributed by atoms with Crippen LogP contribution in [0.15, 0.2) is 52.3 Å². The van der Waals surface area contributed by atoms with Crippen molar-refractivity contribution in [3.63, 3.8) is 0 Å². The molecule has 0 aromatic heterocycles. The van der Waals surface area contributed by atoms with Crippen LogP contribution in [0.1, 0.15) is 42.6 Å². The summed E-state index contributed by atoms with van der Waals surface area (Å²) < 4.78 is 108. The van der Waals surface area contributed by atoms with Crippen molar-refractivity contribution in [3.8, 4) is 0 Å². The highest BCUT2D eigenvalue weighted by Gasteiger charge is 2.38. The molecule has 0 aliphatic carbocycles. The Bertz CT molecular complexity index is 1100. The zero-order valence-electron chi connectivity index (χ0n) is 17.0. The van der Waals surface area contributed by atoms with Crippen molar-refractivity contribution >= 4 is 21.6 Å². The molecule has 0 spiro atoms. The molecule has 11 heteroatoms. The van der Waals surface area contributed by atoms with Gasteiger partial charge in [0.1, 0.15) is 0 Å². The van der Waals surface area contributed by atoms with Crippen molar-refractivity contribution in [1.29, 1.82) is 0 Å². The molecule has 1 fully saturated rings. The Kier molecular flexibility index (Phi) is 6.67. The largest absolute Gasteiger partial charge is 0.416 e. The fraction of sp³-hybridized carbons (Fsp3) is 0.429. The van der Waals surface area contributed by atoms with Crippen molar-refractivity contribution in [1.82, 2.24) is 0 Å². The van der Waals surface area contributed by atoms with E-state index in [0.717, 1.165) is 30.5 Å². The minimum absolute atomic E-state index is 0.0656. The molecule has 2 aromatic rings. The second-order valence-corrected chi connectivity index (χ2v) is 11.6. The molecule has 1 aliphatic rings. The SMILES string of the molecule is CC1(Sc2cccc(C(F)(F)F)c2)CCOC(c2cc(C(F)(F)F)cc(S(C)(=O)=O)c2)C1. The first kappa shape index (κ1) is 24.9. The molecule has 0 saturated carbocycles. The number of halogens is 6. The lowest BCUT2D eigenvalue weighted by atomic mass is 9.92. The van der Waals surface area contributed by atoms with Gasteiger partial charge in [-0.05, 0) is 61.7 Å². The third-order valence-electron chi connectivity index (χ3n) is 5.15. The number of benzene rings is 2. The van der Waals surface area contributed by atoms with Crippen LogP contribution in [0.3, 0.4) is 0 Å². The van der Waals surface area contributed by atoms with Gasteiger partial charge in [-0.2, -0.15) is 26.3 Å². The van der Waals surface area contributed by atoms with E-state index in [0.29, 0.717) is 17.4 Å². The highest BCUT2D eigenvalue weighted by Crippen LogP contribution is 2.47. The molecular formula is C21H20F6O3S2. The van der Waals surface area contributed by atoms with Crippen LogP contribution in [0.4, 0.5) is 26.3 Å². The van der Waals surface area contributed by atoms with Gasteiger partial charge in [0.05, 0.1) is 22.1 Å². The molecule has 1 saturated heterocycles. The lowest BCUT2D eigenvalue weighted by Gasteiger charge is -2.38. The van der Waals surface area contributed by atoms with E-state index < -0.39 is 49.1 Å². The number of ether oxygens (including phenoxy) is 1. The Morgan fingerprint density at radius 3 is 2.25 bits per heavy atom. The maximum absolute atomic E-state index is 13.3. The van der Waals surface area contributed by atoms with Gasteiger partial charge in [-0.25, -0.2) is 8.42 Å². The monoisotopic (exact) mass is 498 g/mol. The summed E-state index contributed by atoms with van der Waals surface area (Å²) in [5.74, 6) is 0. The van der Waals surface area contributed by atoms with Crippen LogP contribution >= 0.6 is 11.8 Å². The van der Waals surface area contributed by atoms with Crippen LogP contribution in [0, 0.1) is 0 Å². The molecule has 3 nitrogen and oxygen atoms in total. The summed E-state index contributed by atoms with van der Waals surface area (Å²) in [7, 11) is -3.91. The normalized spacial score (nSPS) is 22.7. The van der Waals surface area contributed by atoms with Crippen LogP contribution in [0.25, 0.3) is 0 Å². The van der Waals surface area contributed by atoms with E-state index in [1.807, 2.05) is 0 Å². The van der Waals surface area contributed by atoms with Crippen molar-refractivity contribution < 1.29 is 39.5 Å². The molecule has 2 aromatic carbocycles. The minimum atomic E-state index is -4.75. The zero-order valence-corrected chi connectivity index (χ0v) is 18.7. The third-order valence-corrected chi connectivity index (χ3v) is 7.59. The van der Waals surface area contributed by atoms with Gasteiger partial charge in [0.25, 0.3) is 0 Å². The summed E-state index contributed by atoms with van der Waals surface area (Å²) in [6, 6.07) is 7.45. The summed E-state index contributed by atoms with van der Waals surface area (Å²) in [6.07, 6.45) is -8.60. The Hall–Kier alpha value is -1.72. The number of thioether (sulfide) groups is 1. The number of alkyl halides is 6. The van der Waals surface area contributed by atoms with Crippen LogP contribution < -0.4 is 0 Å². The van der Waals surface area contributed by atoms with Gasteiger partial charge in [-0.3, -0.25) is 0 Å². The quantitative estimate of drug-likeness (QED) is 0.450. The molecule has 1 aliphatic heterocycles. The van der Waals surface area contributed by atoms with Crippen LogP contribution in [0.2, 0.25) is 0 Å². The van der Waals surface area contributed by atoms with E-state index in [4.69, 9.17) is 4.74 Å². The summed E-state index contributed by atoms with van der Waals surface area (Å²) >= 11 is 1.19. The highest BCUT2D eigenvalue weighted by atomic mass is 32.2. The lowest BCUT2D eigenvalue weighted by Crippen LogP contribution is -2.32. The van der Waals surface area contributed by atoms with Gasteiger partial charge >= 0.3 is 12.4 Å². The predicted molar refractivity (Wildman–Crippen MR) is 108 cm³/mol. The summed E-state index contributed by atoms with van der Waals surface area (Å²) in [5.41, 5.74) is -1.82. The second kappa shape index (κ2) is 8.57. The topological polar surface area (TPSA) is 43.4 Å². The van der Waals surface area contributed by atoms with E-state index in [1.165, 1.54) is 17.8 Å².